The topological polar surface area (TPSA) is 98.4 Å². The largest absolute Gasteiger partial charge is 0.481 e. The van der Waals surface area contributed by atoms with Gasteiger partial charge in [-0.1, -0.05) is 6.58 Å². The van der Waals surface area contributed by atoms with Crippen LogP contribution in [0.25, 0.3) is 0 Å². The lowest BCUT2D eigenvalue weighted by atomic mass is 10.4. The van der Waals surface area contributed by atoms with Crippen molar-refractivity contribution >= 4 is 11.9 Å². The maximum Gasteiger partial charge on any atom is 0.345 e. The van der Waals surface area contributed by atoms with Crippen LogP contribution in [0.2, 0.25) is 0 Å². The lowest BCUT2D eigenvalue weighted by Gasteiger charge is -1.76. The molecular weight excluding hydrogens is 150 g/mol. The number of carboxylic acids is 2. The maximum atomic E-state index is 9.61. The molecule has 0 aliphatic rings. The average molecular weight is 157 g/mol. The summed E-state index contributed by atoms with van der Waals surface area (Å²) in [5, 5.41) is 23.1. The maximum absolute atomic E-state index is 9.61. The molecule has 0 spiro atoms. The fourth-order valence-corrected chi connectivity index (χ4v) is 0.0478. The molecule has 0 unspecified atom stereocenters. The van der Waals surface area contributed by atoms with Gasteiger partial charge >= 0.3 is 5.97 Å². The van der Waals surface area contributed by atoms with E-state index < -0.39 is 17.5 Å². The predicted molar refractivity (Wildman–Crippen MR) is 35.7 cm³/mol. The van der Waals surface area contributed by atoms with Crippen molar-refractivity contribution in [1.82, 2.24) is 0 Å². The summed E-state index contributed by atoms with van der Waals surface area (Å²) in [6.07, 6.45) is 0. The van der Waals surface area contributed by atoms with Crippen molar-refractivity contribution in [3.8, 4) is 6.07 Å². The molecule has 0 aromatic heterocycles. The number of hydrogen-bond donors (Lipinski definition) is 2. The number of nitriles is 1. The first-order valence-electron chi connectivity index (χ1n) is 2.43. The standard InChI is InChI=1S/C4H3NO2.C2H4O2/c1-3(2-5)4(6)7;1-2(3)4/h1H2,(H,6,7);1H3,(H,3,4). The molecule has 60 valence electrons. The quantitative estimate of drug-likeness (QED) is 0.419. The van der Waals surface area contributed by atoms with Crippen molar-refractivity contribution < 1.29 is 19.8 Å². The summed E-state index contributed by atoms with van der Waals surface area (Å²) >= 11 is 0. The highest BCUT2D eigenvalue weighted by Crippen LogP contribution is 1.81. The lowest BCUT2D eigenvalue weighted by molar-refractivity contribution is -0.134. The summed E-state index contributed by atoms with van der Waals surface area (Å²) in [6.45, 7) is 4.00. The zero-order valence-corrected chi connectivity index (χ0v) is 5.87. The molecule has 0 amide bonds. The molecule has 0 bridgehead atoms. The Kier molecular flexibility index (Phi) is 6.81. The van der Waals surface area contributed by atoms with E-state index in [-0.39, 0.29) is 0 Å². The van der Waals surface area contributed by atoms with Gasteiger partial charge in [0.05, 0.1) is 0 Å². The molecule has 0 saturated heterocycles. The van der Waals surface area contributed by atoms with E-state index in [4.69, 9.17) is 20.3 Å². The van der Waals surface area contributed by atoms with E-state index in [1.807, 2.05) is 0 Å². The van der Waals surface area contributed by atoms with Crippen molar-refractivity contribution in [2.45, 2.75) is 6.92 Å². The Labute approximate surface area is 63.2 Å². The third-order valence-corrected chi connectivity index (χ3v) is 0.393. The van der Waals surface area contributed by atoms with Crippen LogP contribution in [0.1, 0.15) is 6.92 Å². The van der Waals surface area contributed by atoms with Crippen LogP contribution in [0.4, 0.5) is 0 Å². The molecule has 0 aromatic carbocycles. The summed E-state index contributed by atoms with van der Waals surface area (Å²) in [7, 11) is 0. The summed E-state index contributed by atoms with van der Waals surface area (Å²) in [5.74, 6) is -2.09. The molecule has 0 aliphatic carbocycles. The van der Waals surface area contributed by atoms with Gasteiger partial charge in [0, 0.05) is 6.92 Å². The Morgan fingerprint density at radius 1 is 1.45 bits per heavy atom. The van der Waals surface area contributed by atoms with E-state index in [1.165, 1.54) is 6.07 Å². The highest BCUT2D eigenvalue weighted by Gasteiger charge is 1.97. The van der Waals surface area contributed by atoms with Gasteiger partial charge in [-0.15, -0.1) is 0 Å². The number of aliphatic carboxylic acids is 2. The van der Waals surface area contributed by atoms with Gasteiger partial charge in [0.1, 0.15) is 11.6 Å². The molecule has 0 fully saturated rings. The SMILES string of the molecule is C=C(C#N)C(=O)O.CC(=O)O. The number of carboxylic acid groups (broad SMARTS) is 2. The van der Waals surface area contributed by atoms with Gasteiger partial charge in [-0.3, -0.25) is 4.79 Å². The van der Waals surface area contributed by atoms with Crippen LogP contribution >= 0.6 is 0 Å². The van der Waals surface area contributed by atoms with Crippen molar-refractivity contribution in [2.24, 2.45) is 0 Å². The molecule has 0 rings (SSSR count). The first kappa shape index (κ1) is 11.9. The van der Waals surface area contributed by atoms with E-state index in [1.54, 1.807) is 0 Å². The van der Waals surface area contributed by atoms with Crippen LogP contribution in [-0.2, 0) is 9.59 Å². The average Bonchev–Trinajstić information content (AvgIpc) is 1.85. The zero-order valence-electron chi connectivity index (χ0n) is 5.87. The van der Waals surface area contributed by atoms with E-state index in [0.717, 1.165) is 6.92 Å². The molecule has 5 heteroatoms. The Balaban J connectivity index is 0. The Morgan fingerprint density at radius 2 is 1.73 bits per heavy atom. The minimum Gasteiger partial charge on any atom is -0.481 e. The van der Waals surface area contributed by atoms with Gasteiger partial charge in [0.25, 0.3) is 5.97 Å². The van der Waals surface area contributed by atoms with Crippen LogP contribution < -0.4 is 0 Å². The van der Waals surface area contributed by atoms with Gasteiger partial charge in [0.2, 0.25) is 0 Å². The number of nitrogens with zero attached hydrogens (tertiary/aromatic N) is 1. The molecule has 0 aromatic rings. The summed E-state index contributed by atoms with van der Waals surface area (Å²) in [5.41, 5.74) is -0.431. The molecule has 0 radical (unpaired) electrons. The number of hydrogen-bond acceptors (Lipinski definition) is 3. The Morgan fingerprint density at radius 3 is 1.73 bits per heavy atom. The van der Waals surface area contributed by atoms with Crippen molar-refractivity contribution in [3.05, 3.63) is 12.2 Å². The molecule has 5 nitrogen and oxygen atoms in total. The fraction of sp³-hybridized carbons (Fsp3) is 0.167. The van der Waals surface area contributed by atoms with Gasteiger partial charge in [0.15, 0.2) is 0 Å². The highest BCUT2D eigenvalue weighted by molar-refractivity contribution is 5.90. The summed E-state index contributed by atoms with van der Waals surface area (Å²) in [6, 6.07) is 1.37. The van der Waals surface area contributed by atoms with Gasteiger partial charge in [-0.2, -0.15) is 5.26 Å². The second-order valence-electron chi connectivity index (χ2n) is 1.41. The Hall–Kier alpha value is -1.83. The summed E-state index contributed by atoms with van der Waals surface area (Å²) < 4.78 is 0. The first-order chi connectivity index (χ1) is 4.91. The van der Waals surface area contributed by atoms with Crippen LogP contribution in [0.3, 0.4) is 0 Å². The minimum atomic E-state index is -1.26. The van der Waals surface area contributed by atoms with Gasteiger partial charge in [-0.05, 0) is 0 Å². The van der Waals surface area contributed by atoms with E-state index in [2.05, 4.69) is 6.58 Å². The van der Waals surface area contributed by atoms with Crippen LogP contribution in [-0.4, -0.2) is 22.2 Å². The lowest BCUT2D eigenvalue weighted by Crippen LogP contribution is -1.94. The smallest absolute Gasteiger partial charge is 0.345 e. The third kappa shape index (κ3) is 17.9. The van der Waals surface area contributed by atoms with Gasteiger partial charge < -0.3 is 10.2 Å². The second-order valence-corrected chi connectivity index (χ2v) is 1.41. The first-order valence-corrected chi connectivity index (χ1v) is 2.43. The van der Waals surface area contributed by atoms with Crippen LogP contribution in [0.5, 0.6) is 0 Å². The van der Waals surface area contributed by atoms with E-state index in [9.17, 15) is 4.79 Å². The van der Waals surface area contributed by atoms with Crippen molar-refractivity contribution in [1.29, 1.82) is 5.26 Å². The molecule has 0 aliphatic heterocycles. The Bertz CT molecular complexity index is 209. The van der Waals surface area contributed by atoms with Crippen molar-refractivity contribution in [3.63, 3.8) is 0 Å². The number of carbonyl (C=O) groups is 2. The van der Waals surface area contributed by atoms with Crippen LogP contribution in [0, 0.1) is 11.3 Å². The zero-order chi connectivity index (χ0) is 9.44. The van der Waals surface area contributed by atoms with Crippen LogP contribution in [0.15, 0.2) is 12.2 Å². The second kappa shape index (κ2) is 6.29. The van der Waals surface area contributed by atoms with Gasteiger partial charge in [-0.25, -0.2) is 4.79 Å². The predicted octanol–water partition coefficient (Wildman–Crippen LogP) is 0.242. The third-order valence-electron chi connectivity index (χ3n) is 0.393. The molecule has 0 heterocycles. The number of rotatable bonds is 1. The molecule has 0 atom stereocenters. The molecule has 11 heavy (non-hydrogen) atoms. The fourth-order valence-electron chi connectivity index (χ4n) is 0.0478. The van der Waals surface area contributed by atoms with Crippen molar-refractivity contribution in [2.75, 3.05) is 0 Å². The van der Waals surface area contributed by atoms with E-state index >= 15 is 0 Å². The minimum absolute atomic E-state index is 0.431. The monoisotopic (exact) mass is 157 g/mol. The molecule has 2 N–H and O–H groups in total. The molecule has 0 saturated carbocycles. The molecular formula is C6H7NO4. The van der Waals surface area contributed by atoms with E-state index in [0.29, 0.717) is 0 Å². The normalized spacial score (nSPS) is 6.55. The summed E-state index contributed by atoms with van der Waals surface area (Å²) in [4.78, 5) is 18.6. The highest BCUT2D eigenvalue weighted by atomic mass is 16.4.